The summed E-state index contributed by atoms with van der Waals surface area (Å²) < 4.78 is 5.80. The van der Waals surface area contributed by atoms with Crippen molar-refractivity contribution in [2.24, 2.45) is 0 Å². The van der Waals surface area contributed by atoms with Gasteiger partial charge in [0.15, 0.2) is 0 Å². The number of morpholine rings is 1. The molecule has 2 atom stereocenters. The number of hydrogen-bond donors (Lipinski definition) is 0. The van der Waals surface area contributed by atoms with E-state index in [0.29, 0.717) is 18.2 Å². The molecule has 0 unspecified atom stereocenters. The van der Waals surface area contributed by atoms with Gasteiger partial charge in [-0.3, -0.25) is 4.79 Å². The molecule has 1 aliphatic heterocycles. The summed E-state index contributed by atoms with van der Waals surface area (Å²) in [6, 6.07) is 7.41. The zero-order chi connectivity index (χ0) is 13.2. The zero-order valence-corrected chi connectivity index (χ0v) is 11.6. The predicted octanol–water partition coefficient (Wildman–Crippen LogP) is 3.12. The molecule has 4 heteroatoms. The first-order valence-corrected chi connectivity index (χ1v) is 7.31. The number of hydrogen-bond acceptors (Lipinski definition) is 2. The van der Waals surface area contributed by atoms with E-state index >= 15 is 0 Å². The van der Waals surface area contributed by atoms with Crippen molar-refractivity contribution in [3.63, 3.8) is 0 Å². The van der Waals surface area contributed by atoms with Crippen LogP contribution in [0.4, 0.5) is 0 Å². The van der Waals surface area contributed by atoms with Crippen LogP contribution in [0.25, 0.3) is 0 Å². The minimum absolute atomic E-state index is 0.108. The van der Waals surface area contributed by atoms with E-state index in [9.17, 15) is 4.79 Å². The number of carbonyl (C=O) groups excluding carboxylic acids is 1. The molecule has 1 saturated heterocycles. The van der Waals surface area contributed by atoms with Gasteiger partial charge in [0, 0.05) is 17.1 Å². The molecule has 3 nitrogen and oxygen atoms in total. The Bertz CT molecular complexity index is 458. The minimum atomic E-state index is 0.108. The second kappa shape index (κ2) is 5.51. The summed E-state index contributed by atoms with van der Waals surface area (Å²) in [6.07, 6.45) is 4.77. The summed E-state index contributed by atoms with van der Waals surface area (Å²) in [6.45, 7) is 1.35. The number of ether oxygens (including phenoxy) is 1. The molecule has 19 heavy (non-hydrogen) atoms. The Morgan fingerprint density at radius 3 is 2.74 bits per heavy atom. The highest BCUT2D eigenvalue weighted by Gasteiger charge is 2.36. The fraction of sp³-hybridized carbons (Fsp3) is 0.533. The van der Waals surface area contributed by atoms with Gasteiger partial charge in [-0.2, -0.15) is 0 Å². The van der Waals surface area contributed by atoms with Gasteiger partial charge in [-0.05, 0) is 37.1 Å². The van der Waals surface area contributed by atoms with Gasteiger partial charge in [0.05, 0.1) is 18.8 Å². The summed E-state index contributed by atoms with van der Waals surface area (Å²) >= 11 is 5.87. The SMILES string of the molecule is O=C(c1ccc(Cl)cc1)N1CCO[C@H]2CCCC[C@H]21. The fourth-order valence-electron chi connectivity index (χ4n) is 3.11. The molecule has 2 aliphatic rings. The lowest BCUT2D eigenvalue weighted by molar-refractivity contribution is -0.0752. The van der Waals surface area contributed by atoms with Gasteiger partial charge in [-0.15, -0.1) is 0 Å². The molecule has 1 aromatic carbocycles. The van der Waals surface area contributed by atoms with Crippen molar-refractivity contribution in [3.8, 4) is 0 Å². The van der Waals surface area contributed by atoms with E-state index in [4.69, 9.17) is 16.3 Å². The van der Waals surface area contributed by atoms with Crippen molar-refractivity contribution in [2.45, 2.75) is 37.8 Å². The second-order valence-corrected chi connectivity index (χ2v) is 5.70. The van der Waals surface area contributed by atoms with Gasteiger partial charge in [0.1, 0.15) is 0 Å². The Balaban J connectivity index is 1.79. The first-order valence-electron chi connectivity index (χ1n) is 6.94. The average molecular weight is 280 g/mol. The molecule has 0 N–H and O–H groups in total. The molecule has 1 saturated carbocycles. The molecular weight excluding hydrogens is 262 g/mol. The maximum Gasteiger partial charge on any atom is 0.254 e. The van der Waals surface area contributed by atoms with Crippen molar-refractivity contribution in [3.05, 3.63) is 34.9 Å². The maximum absolute atomic E-state index is 12.6. The van der Waals surface area contributed by atoms with Crippen LogP contribution in [0.3, 0.4) is 0 Å². The van der Waals surface area contributed by atoms with E-state index in [2.05, 4.69) is 0 Å². The molecule has 1 heterocycles. The number of amides is 1. The van der Waals surface area contributed by atoms with Crippen LogP contribution in [0.5, 0.6) is 0 Å². The van der Waals surface area contributed by atoms with Crippen molar-refractivity contribution >= 4 is 17.5 Å². The van der Waals surface area contributed by atoms with Gasteiger partial charge >= 0.3 is 0 Å². The summed E-state index contributed by atoms with van der Waals surface area (Å²) in [4.78, 5) is 14.6. The first kappa shape index (κ1) is 12.9. The third-order valence-electron chi connectivity index (χ3n) is 4.08. The van der Waals surface area contributed by atoms with Crippen LogP contribution in [-0.2, 0) is 4.74 Å². The largest absolute Gasteiger partial charge is 0.374 e. The maximum atomic E-state index is 12.6. The summed E-state index contributed by atoms with van der Waals surface area (Å²) in [5.41, 5.74) is 0.718. The number of benzene rings is 1. The topological polar surface area (TPSA) is 29.5 Å². The highest BCUT2D eigenvalue weighted by molar-refractivity contribution is 6.30. The lowest BCUT2D eigenvalue weighted by Gasteiger charge is -2.43. The smallest absolute Gasteiger partial charge is 0.254 e. The van der Waals surface area contributed by atoms with Crippen molar-refractivity contribution in [2.75, 3.05) is 13.2 Å². The Labute approximate surface area is 118 Å². The van der Waals surface area contributed by atoms with Crippen LogP contribution in [0.2, 0.25) is 5.02 Å². The van der Waals surface area contributed by atoms with Gasteiger partial charge in [-0.1, -0.05) is 24.4 Å². The number of rotatable bonds is 1. The van der Waals surface area contributed by atoms with E-state index in [1.54, 1.807) is 24.3 Å². The lowest BCUT2D eigenvalue weighted by atomic mass is 9.89. The Morgan fingerprint density at radius 2 is 1.95 bits per heavy atom. The first-order chi connectivity index (χ1) is 9.25. The second-order valence-electron chi connectivity index (χ2n) is 5.27. The van der Waals surface area contributed by atoms with Gasteiger partial charge in [-0.25, -0.2) is 0 Å². The Morgan fingerprint density at radius 1 is 1.21 bits per heavy atom. The quantitative estimate of drug-likeness (QED) is 0.790. The van der Waals surface area contributed by atoms with E-state index in [-0.39, 0.29) is 18.1 Å². The molecule has 1 aromatic rings. The highest BCUT2D eigenvalue weighted by atomic mass is 35.5. The molecule has 1 aliphatic carbocycles. The third-order valence-corrected chi connectivity index (χ3v) is 4.34. The van der Waals surface area contributed by atoms with E-state index in [1.165, 1.54) is 12.8 Å². The third kappa shape index (κ3) is 2.63. The summed E-state index contributed by atoms with van der Waals surface area (Å²) in [5, 5.41) is 0.661. The summed E-state index contributed by atoms with van der Waals surface area (Å²) in [7, 11) is 0. The molecule has 0 bridgehead atoms. The predicted molar refractivity (Wildman–Crippen MR) is 74.5 cm³/mol. The number of halogens is 1. The lowest BCUT2D eigenvalue weighted by Crippen LogP contribution is -2.54. The van der Waals surface area contributed by atoms with Crippen LogP contribution in [0, 0.1) is 0 Å². The molecule has 3 rings (SSSR count). The number of carbonyl (C=O) groups is 1. The molecular formula is C15H18ClNO2. The molecule has 1 amide bonds. The van der Waals surface area contributed by atoms with Crippen LogP contribution in [-0.4, -0.2) is 36.1 Å². The van der Waals surface area contributed by atoms with E-state index < -0.39 is 0 Å². The van der Waals surface area contributed by atoms with E-state index in [1.807, 2.05) is 4.90 Å². The van der Waals surface area contributed by atoms with Crippen LogP contribution in [0.1, 0.15) is 36.0 Å². The van der Waals surface area contributed by atoms with Crippen LogP contribution in [0.15, 0.2) is 24.3 Å². The Hall–Kier alpha value is -1.06. The molecule has 0 spiro atoms. The fourth-order valence-corrected chi connectivity index (χ4v) is 3.23. The average Bonchev–Trinajstić information content (AvgIpc) is 2.47. The molecule has 0 aromatic heterocycles. The molecule has 102 valence electrons. The van der Waals surface area contributed by atoms with Gasteiger partial charge in [0.2, 0.25) is 0 Å². The highest BCUT2D eigenvalue weighted by Crippen LogP contribution is 2.29. The van der Waals surface area contributed by atoms with E-state index in [0.717, 1.165) is 18.4 Å². The van der Waals surface area contributed by atoms with Gasteiger partial charge < -0.3 is 9.64 Å². The van der Waals surface area contributed by atoms with Crippen molar-refractivity contribution in [1.29, 1.82) is 0 Å². The van der Waals surface area contributed by atoms with Gasteiger partial charge in [0.25, 0.3) is 5.91 Å². The van der Waals surface area contributed by atoms with Crippen molar-refractivity contribution < 1.29 is 9.53 Å². The van der Waals surface area contributed by atoms with Crippen LogP contribution >= 0.6 is 11.6 Å². The molecule has 0 radical (unpaired) electrons. The summed E-state index contributed by atoms with van der Waals surface area (Å²) in [5.74, 6) is 0.108. The zero-order valence-electron chi connectivity index (χ0n) is 10.8. The standard InChI is InChI=1S/C15H18ClNO2/c16-12-7-5-11(6-8-12)15(18)17-9-10-19-14-4-2-1-3-13(14)17/h5-8,13-14H,1-4,9-10H2/t13-,14+/m1/s1. The number of nitrogens with zero attached hydrogens (tertiary/aromatic N) is 1. The van der Waals surface area contributed by atoms with Crippen molar-refractivity contribution in [1.82, 2.24) is 4.90 Å². The normalized spacial score (nSPS) is 26.9. The molecule has 2 fully saturated rings. The Kier molecular flexibility index (Phi) is 3.76. The number of fused-ring (bicyclic) bond motifs is 1. The monoisotopic (exact) mass is 279 g/mol. The van der Waals surface area contributed by atoms with Crippen LogP contribution < -0.4 is 0 Å². The minimum Gasteiger partial charge on any atom is -0.374 e.